The largest absolute Gasteiger partial charge is 0.497 e. The van der Waals surface area contributed by atoms with Crippen molar-refractivity contribution in [2.24, 2.45) is 0 Å². The highest BCUT2D eigenvalue weighted by atomic mass is 32.2. The molecule has 3 N–H and O–H groups in total. The molecule has 48 heavy (non-hydrogen) atoms. The van der Waals surface area contributed by atoms with Crippen LogP contribution < -0.4 is 20.7 Å². The zero-order valence-corrected chi connectivity index (χ0v) is 27.8. The Bertz CT molecular complexity index is 1870. The van der Waals surface area contributed by atoms with Crippen molar-refractivity contribution >= 4 is 46.9 Å². The highest BCUT2D eigenvalue weighted by molar-refractivity contribution is 8.00. The van der Waals surface area contributed by atoms with Gasteiger partial charge in [0.05, 0.1) is 7.11 Å². The Morgan fingerprint density at radius 2 is 1.35 bits per heavy atom. The number of carbonyl (C=O) groups excluding carboxylic acids is 3. The van der Waals surface area contributed by atoms with Crippen LogP contribution >= 0.6 is 11.8 Å². The monoisotopic (exact) mass is 655 g/mol. The van der Waals surface area contributed by atoms with Crippen LogP contribution in [-0.4, -0.2) is 24.8 Å². The standard InChI is InChI=1S/C40H37N3O4S/c1-27(2)29-19-21-32(22-20-29)41-40(46)37(30-11-6-4-7-12-30)48-35-16-10-15-33(26-35)42-39(45)36(25-28-17-23-34(47-3)24-18-28)43-38(44)31-13-8-5-9-14-31/h4-27,37H,1-3H3,(H,41,46)(H,42,45)(H,43,44)/b36-25+. The summed E-state index contributed by atoms with van der Waals surface area (Å²) in [6.45, 7) is 4.26. The molecule has 1 unspecified atom stereocenters. The zero-order valence-electron chi connectivity index (χ0n) is 27.0. The molecule has 0 aliphatic heterocycles. The molecule has 0 heterocycles. The third-order valence-corrected chi connectivity index (χ3v) is 8.73. The number of amides is 3. The second-order valence-corrected chi connectivity index (χ2v) is 12.5. The molecule has 3 amide bonds. The van der Waals surface area contributed by atoms with Gasteiger partial charge in [-0.3, -0.25) is 14.4 Å². The molecule has 0 saturated heterocycles. The van der Waals surface area contributed by atoms with E-state index in [0.717, 1.165) is 16.1 Å². The van der Waals surface area contributed by atoms with Gasteiger partial charge in [0.15, 0.2) is 0 Å². The zero-order chi connectivity index (χ0) is 33.9. The number of methoxy groups -OCH3 is 1. The van der Waals surface area contributed by atoms with Gasteiger partial charge < -0.3 is 20.7 Å². The molecule has 242 valence electrons. The van der Waals surface area contributed by atoms with Crippen LogP contribution in [0.5, 0.6) is 5.75 Å². The van der Waals surface area contributed by atoms with Crippen LogP contribution in [-0.2, 0) is 9.59 Å². The minimum absolute atomic E-state index is 0.0668. The highest BCUT2D eigenvalue weighted by Gasteiger charge is 2.23. The van der Waals surface area contributed by atoms with Gasteiger partial charge in [0.1, 0.15) is 16.7 Å². The van der Waals surface area contributed by atoms with Gasteiger partial charge in [-0.05, 0) is 83.3 Å². The summed E-state index contributed by atoms with van der Waals surface area (Å²) in [7, 11) is 1.58. The molecule has 5 aromatic carbocycles. The molecule has 5 rings (SSSR count). The summed E-state index contributed by atoms with van der Waals surface area (Å²) in [6, 6.07) is 40.6. The molecule has 0 aliphatic carbocycles. The first-order valence-corrected chi connectivity index (χ1v) is 16.4. The maximum Gasteiger partial charge on any atom is 0.272 e. The summed E-state index contributed by atoms with van der Waals surface area (Å²) in [5.74, 6) is -0.00677. The van der Waals surface area contributed by atoms with E-state index in [-0.39, 0.29) is 11.6 Å². The van der Waals surface area contributed by atoms with Crippen molar-refractivity contribution in [2.75, 3.05) is 17.7 Å². The van der Waals surface area contributed by atoms with Gasteiger partial charge in [0.25, 0.3) is 11.8 Å². The first kappa shape index (κ1) is 33.8. The summed E-state index contributed by atoms with van der Waals surface area (Å²) < 4.78 is 5.25. The maximum absolute atomic E-state index is 13.7. The quantitative estimate of drug-likeness (QED) is 0.0923. The van der Waals surface area contributed by atoms with Crippen LogP contribution in [0.25, 0.3) is 6.08 Å². The number of carbonyl (C=O) groups is 3. The van der Waals surface area contributed by atoms with Gasteiger partial charge in [-0.15, -0.1) is 11.8 Å². The fraction of sp³-hybridized carbons (Fsp3) is 0.125. The summed E-state index contributed by atoms with van der Waals surface area (Å²) in [5.41, 5.74) is 4.47. The normalized spacial score (nSPS) is 11.8. The van der Waals surface area contributed by atoms with Crippen LogP contribution in [0.15, 0.2) is 144 Å². The van der Waals surface area contributed by atoms with Crippen molar-refractivity contribution in [3.63, 3.8) is 0 Å². The van der Waals surface area contributed by atoms with E-state index in [1.54, 1.807) is 67.8 Å². The van der Waals surface area contributed by atoms with E-state index in [1.165, 1.54) is 17.3 Å². The SMILES string of the molecule is COc1ccc(/C=C(/NC(=O)c2ccccc2)C(=O)Nc2cccc(SC(C(=O)Nc3ccc(C(C)C)cc3)c3ccccc3)c2)cc1. The number of anilines is 2. The first-order valence-electron chi connectivity index (χ1n) is 15.5. The molecule has 5 aromatic rings. The van der Waals surface area contributed by atoms with Gasteiger partial charge >= 0.3 is 0 Å². The second-order valence-electron chi connectivity index (χ2n) is 11.3. The summed E-state index contributed by atoms with van der Waals surface area (Å²) in [5, 5.41) is 8.19. The number of ether oxygens (including phenoxy) is 1. The Hall–Kier alpha value is -5.60. The Balaban J connectivity index is 1.36. The van der Waals surface area contributed by atoms with Gasteiger partial charge in [0.2, 0.25) is 5.91 Å². The van der Waals surface area contributed by atoms with Crippen molar-refractivity contribution in [2.45, 2.75) is 29.9 Å². The molecule has 0 aliphatic rings. The van der Waals surface area contributed by atoms with Gasteiger partial charge in [0, 0.05) is 21.8 Å². The second kappa shape index (κ2) is 16.3. The van der Waals surface area contributed by atoms with Crippen molar-refractivity contribution < 1.29 is 19.1 Å². The number of hydrogen-bond donors (Lipinski definition) is 3. The average Bonchev–Trinajstić information content (AvgIpc) is 3.11. The number of hydrogen-bond acceptors (Lipinski definition) is 5. The van der Waals surface area contributed by atoms with E-state index in [2.05, 4.69) is 29.8 Å². The number of rotatable bonds is 12. The van der Waals surface area contributed by atoms with E-state index >= 15 is 0 Å². The van der Waals surface area contributed by atoms with Crippen LogP contribution in [0.4, 0.5) is 11.4 Å². The Morgan fingerprint density at radius 3 is 2.00 bits per heavy atom. The molecular weight excluding hydrogens is 619 g/mol. The average molecular weight is 656 g/mol. The van der Waals surface area contributed by atoms with Gasteiger partial charge in [-0.2, -0.15) is 0 Å². The third kappa shape index (κ3) is 9.24. The van der Waals surface area contributed by atoms with Crippen LogP contribution in [0.1, 0.15) is 52.1 Å². The molecule has 0 fully saturated rings. The van der Waals surface area contributed by atoms with Crippen LogP contribution in [0.3, 0.4) is 0 Å². The molecule has 0 bridgehead atoms. The lowest BCUT2D eigenvalue weighted by molar-refractivity contribution is -0.116. The summed E-state index contributed by atoms with van der Waals surface area (Å²) in [4.78, 5) is 41.2. The minimum atomic E-state index is -0.558. The van der Waals surface area contributed by atoms with Crippen LogP contribution in [0.2, 0.25) is 0 Å². The lowest BCUT2D eigenvalue weighted by Crippen LogP contribution is -2.30. The molecule has 7 nitrogen and oxygen atoms in total. The van der Waals surface area contributed by atoms with Crippen molar-refractivity contribution in [3.05, 3.63) is 161 Å². The predicted octanol–water partition coefficient (Wildman–Crippen LogP) is 8.70. The lowest BCUT2D eigenvalue weighted by Gasteiger charge is -2.18. The van der Waals surface area contributed by atoms with E-state index in [9.17, 15) is 14.4 Å². The predicted molar refractivity (Wildman–Crippen MR) is 194 cm³/mol. The van der Waals surface area contributed by atoms with Gasteiger partial charge in [-0.1, -0.05) is 92.7 Å². The summed E-state index contributed by atoms with van der Waals surface area (Å²) in [6.07, 6.45) is 1.61. The minimum Gasteiger partial charge on any atom is -0.497 e. The Labute approximate surface area is 285 Å². The van der Waals surface area contributed by atoms with Crippen molar-refractivity contribution in [1.29, 1.82) is 0 Å². The Kier molecular flexibility index (Phi) is 11.5. The maximum atomic E-state index is 13.7. The smallest absolute Gasteiger partial charge is 0.272 e. The van der Waals surface area contributed by atoms with Crippen molar-refractivity contribution in [1.82, 2.24) is 5.32 Å². The molecule has 8 heteroatoms. The lowest BCUT2D eigenvalue weighted by atomic mass is 10.0. The number of nitrogens with one attached hydrogen (secondary N) is 3. The van der Waals surface area contributed by atoms with Crippen molar-refractivity contribution in [3.8, 4) is 5.75 Å². The van der Waals surface area contributed by atoms with Crippen LogP contribution in [0, 0.1) is 0 Å². The molecule has 0 aromatic heterocycles. The number of benzene rings is 5. The molecule has 0 radical (unpaired) electrons. The fourth-order valence-corrected chi connectivity index (χ4v) is 5.93. The third-order valence-electron chi connectivity index (χ3n) is 7.49. The Morgan fingerprint density at radius 1 is 0.688 bits per heavy atom. The molecule has 1 atom stereocenters. The highest BCUT2D eigenvalue weighted by Crippen LogP contribution is 2.37. The first-order chi connectivity index (χ1) is 23.3. The topological polar surface area (TPSA) is 96.5 Å². The van der Waals surface area contributed by atoms with E-state index in [4.69, 9.17) is 4.74 Å². The van der Waals surface area contributed by atoms with Gasteiger partial charge in [-0.25, -0.2) is 0 Å². The molecule has 0 saturated carbocycles. The fourth-order valence-electron chi connectivity index (χ4n) is 4.85. The van der Waals surface area contributed by atoms with E-state index < -0.39 is 17.1 Å². The van der Waals surface area contributed by atoms with E-state index in [0.29, 0.717) is 28.5 Å². The molecule has 0 spiro atoms. The van der Waals surface area contributed by atoms with E-state index in [1.807, 2.05) is 78.9 Å². The molecular formula is C40H37N3O4S. The summed E-state index contributed by atoms with van der Waals surface area (Å²) >= 11 is 1.38. The number of thioether (sulfide) groups is 1.